The first-order chi connectivity index (χ1) is 14.9. The molecule has 0 aromatic heterocycles. The molecule has 5 heteroatoms. The van der Waals surface area contributed by atoms with E-state index in [2.05, 4.69) is 30.9 Å². The van der Waals surface area contributed by atoms with E-state index in [1.807, 2.05) is 0 Å². The van der Waals surface area contributed by atoms with E-state index in [0.29, 0.717) is 30.0 Å². The molecule has 1 heterocycles. The predicted octanol–water partition coefficient (Wildman–Crippen LogP) is 4.11. The highest BCUT2D eigenvalue weighted by Gasteiger charge is 2.64. The second kappa shape index (κ2) is 7.98. The number of rotatable bonds is 4. The summed E-state index contributed by atoms with van der Waals surface area (Å²) in [7, 11) is 0. The second-order valence-electron chi connectivity index (χ2n) is 11.3. The van der Waals surface area contributed by atoms with Gasteiger partial charge in [0.05, 0.1) is 5.71 Å². The van der Waals surface area contributed by atoms with Crippen molar-refractivity contribution >= 4 is 11.5 Å². The second-order valence-corrected chi connectivity index (χ2v) is 11.3. The number of Topliss-reactive ketones (excluding diaryl/α,β-unsaturated/α-hetero) is 1. The molecule has 4 saturated carbocycles. The van der Waals surface area contributed by atoms with Crippen LogP contribution in [0.15, 0.2) is 17.3 Å². The monoisotopic (exact) mass is 428 g/mol. The fourth-order valence-corrected chi connectivity index (χ4v) is 8.55. The summed E-state index contributed by atoms with van der Waals surface area (Å²) in [6.07, 6.45) is 8.98. The standard InChI is InChI=1S/C26H40N2O3/c1-4-18-22(28-31-17-9-12-27-14-17)8-11-26(15-29)21-7-10-25(3)16(2)5-6-20(25)19(21)13-23(30)24(18)26/h17-21,24,27,29H,2,4-15H2,1,3H3/b28-22+/t17?,18?,19?,20?,21?,24?,25-,26?/m1/s1. The van der Waals surface area contributed by atoms with Gasteiger partial charge in [-0.3, -0.25) is 4.79 Å². The molecule has 5 nitrogen and oxygen atoms in total. The Bertz CT molecular complexity index is 773. The number of nitrogens with zero attached hydrogens (tertiary/aromatic N) is 1. The number of hydrogen-bond acceptors (Lipinski definition) is 5. The molecular weight excluding hydrogens is 388 g/mol. The maximum atomic E-state index is 13.8. The van der Waals surface area contributed by atoms with Crippen LogP contribution in [-0.2, 0) is 9.63 Å². The lowest BCUT2D eigenvalue weighted by atomic mass is 9.42. The minimum absolute atomic E-state index is 0.101. The van der Waals surface area contributed by atoms with E-state index in [-0.39, 0.29) is 35.4 Å². The van der Waals surface area contributed by atoms with Gasteiger partial charge in [0.15, 0.2) is 0 Å². The topological polar surface area (TPSA) is 70.9 Å². The van der Waals surface area contributed by atoms with Gasteiger partial charge in [0, 0.05) is 43.2 Å². The van der Waals surface area contributed by atoms with Gasteiger partial charge >= 0.3 is 0 Å². The smallest absolute Gasteiger partial charge is 0.141 e. The van der Waals surface area contributed by atoms with Crippen molar-refractivity contribution in [2.45, 2.75) is 77.7 Å². The van der Waals surface area contributed by atoms with Gasteiger partial charge in [-0.2, -0.15) is 0 Å². The lowest BCUT2D eigenvalue weighted by Crippen LogP contribution is -2.61. The molecule has 0 bridgehead atoms. The molecular formula is C26H40N2O3. The van der Waals surface area contributed by atoms with Crippen molar-refractivity contribution < 1.29 is 14.7 Å². The number of nitrogens with one attached hydrogen (secondary N) is 1. The zero-order valence-corrected chi connectivity index (χ0v) is 19.4. The van der Waals surface area contributed by atoms with Crippen molar-refractivity contribution in [2.24, 2.45) is 45.6 Å². The summed E-state index contributed by atoms with van der Waals surface area (Å²) in [4.78, 5) is 19.6. The number of allylic oxidation sites excluding steroid dienone is 1. The number of carbonyl (C=O) groups is 1. The van der Waals surface area contributed by atoms with E-state index in [1.54, 1.807) is 0 Å². The van der Waals surface area contributed by atoms with Crippen LogP contribution < -0.4 is 5.32 Å². The number of aliphatic hydroxyl groups excluding tert-OH is 1. The van der Waals surface area contributed by atoms with Gasteiger partial charge in [0.2, 0.25) is 0 Å². The average Bonchev–Trinajstić information content (AvgIpc) is 3.40. The maximum Gasteiger partial charge on any atom is 0.141 e. The Labute approximate surface area is 187 Å². The van der Waals surface area contributed by atoms with Gasteiger partial charge in [-0.05, 0) is 74.7 Å². The fraction of sp³-hybridized carbons (Fsp3) is 0.846. The zero-order chi connectivity index (χ0) is 21.8. The summed E-state index contributed by atoms with van der Waals surface area (Å²) in [5.41, 5.74) is 2.37. The van der Waals surface area contributed by atoms with Crippen LogP contribution in [0.5, 0.6) is 0 Å². The van der Waals surface area contributed by atoms with Gasteiger partial charge in [-0.25, -0.2) is 0 Å². The average molecular weight is 429 g/mol. The van der Waals surface area contributed by atoms with Gasteiger partial charge in [-0.1, -0.05) is 31.2 Å². The van der Waals surface area contributed by atoms with Crippen molar-refractivity contribution in [1.82, 2.24) is 5.32 Å². The van der Waals surface area contributed by atoms with Crippen LogP contribution in [0.25, 0.3) is 0 Å². The number of hydrogen-bond donors (Lipinski definition) is 2. The molecule has 4 aliphatic carbocycles. The van der Waals surface area contributed by atoms with Crippen LogP contribution in [0, 0.1) is 40.4 Å². The number of carbonyl (C=O) groups excluding carboxylic acids is 1. The van der Waals surface area contributed by atoms with Crippen LogP contribution in [0.1, 0.15) is 71.6 Å². The van der Waals surface area contributed by atoms with Crippen molar-refractivity contribution in [3.05, 3.63) is 12.2 Å². The lowest BCUT2D eigenvalue weighted by Gasteiger charge is -2.61. The molecule has 7 unspecified atom stereocenters. The van der Waals surface area contributed by atoms with Crippen molar-refractivity contribution in [3.8, 4) is 0 Å². The quantitative estimate of drug-likeness (QED) is 0.522. The van der Waals surface area contributed by atoms with Gasteiger partial charge in [0.25, 0.3) is 0 Å². The Hall–Kier alpha value is -1.20. The SMILES string of the molecule is C=C1CCC2C3CC(=O)C4C(CC)/C(=N/OC5CCNC5)CCC4(CO)C3CC[C@]12C. The maximum absolute atomic E-state index is 13.8. The van der Waals surface area contributed by atoms with Gasteiger partial charge < -0.3 is 15.3 Å². The van der Waals surface area contributed by atoms with Crippen LogP contribution >= 0.6 is 0 Å². The van der Waals surface area contributed by atoms with E-state index in [9.17, 15) is 9.90 Å². The Morgan fingerprint density at radius 2 is 2.06 bits per heavy atom. The lowest BCUT2D eigenvalue weighted by molar-refractivity contribution is -0.161. The molecule has 0 aromatic rings. The van der Waals surface area contributed by atoms with E-state index in [4.69, 9.17) is 4.84 Å². The molecule has 0 amide bonds. The van der Waals surface area contributed by atoms with E-state index >= 15 is 0 Å². The molecule has 2 N–H and O–H groups in total. The molecule has 0 radical (unpaired) electrons. The summed E-state index contributed by atoms with van der Waals surface area (Å²) >= 11 is 0. The summed E-state index contributed by atoms with van der Waals surface area (Å²) in [6.45, 7) is 10.9. The Morgan fingerprint density at radius 3 is 2.77 bits per heavy atom. The molecule has 31 heavy (non-hydrogen) atoms. The summed E-state index contributed by atoms with van der Waals surface area (Å²) < 4.78 is 0. The van der Waals surface area contributed by atoms with Crippen LogP contribution in [-0.4, -0.2) is 42.4 Å². The highest BCUT2D eigenvalue weighted by Crippen LogP contribution is 2.67. The van der Waals surface area contributed by atoms with Crippen LogP contribution in [0.2, 0.25) is 0 Å². The molecule has 172 valence electrons. The third-order valence-corrected chi connectivity index (χ3v) is 10.3. The molecule has 8 atom stereocenters. The third-order valence-electron chi connectivity index (χ3n) is 10.3. The van der Waals surface area contributed by atoms with Gasteiger partial charge in [-0.15, -0.1) is 0 Å². The molecule has 1 aliphatic heterocycles. The number of ketones is 1. The summed E-state index contributed by atoms with van der Waals surface area (Å²) in [5, 5.41) is 18.8. The van der Waals surface area contributed by atoms with Crippen LogP contribution in [0.4, 0.5) is 0 Å². The Balaban J connectivity index is 1.45. The van der Waals surface area contributed by atoms with Gasteiger partial charge in [0.1, 0.15) is 11.9 Å². The minimum Gasteiger partial charge on any atom is -0.396 e. The number of fused-ring (bicyclic) bond motifs is 5. The van der Waals surface area contributed by atoms with Crippen molar-refractivity contribution in [1.29, 1.82) is 0 Å². The highest BCUT2D eigenvalue weighted by molar-refractivity contribution is 5.95. The van der Waals surface area contributed by atoms with E-state index in [1.165, 1.54) is 12.0 Å². The molecule has 5 aliphatic rings. The molecule has 1 saturated heterocycles. The largest absolute Gasteiger partial charge is 0.396 e. The zero-order valence-electron chi connectivity index (χ0n) is 19.4. The summed E-state index contributed by atoms with van der Waals surface area (Å²) in [5.74, 6) is 1.79. The van der Waals surface area contributed by atoms with E-state index in [0.717, 1.165) is 63.7 Å². The van der Waals surface area contributed by atoms with E-state index < -0.39 is 0 Å². The Morgan fingerprint density at radius 1 is 1.23 bits per heavy atom. The first-order valence-electron chi connectivity index (χ1n) is 12.7. The Kier molecular flexibility index (Phi) is 5.57. The number of oxime groups is 1. The number of aliphatic hydroxyl groups is 1. The first-order valence-corrected chi connectivity index (χ1v) is 12.7. The van der Waals surface area contributed by atoms with Crippen molar-refractivity contribution in [2.75, 3.05) is 19.7 Å². The van der Waals surface area contributed by atoms with Crippen LogP contribution in [0.3, 0.4) is 0 Å². The first kappa shape index (κ1) is 21.6. The minimum atomic E-state index is -0.278. The third kappa shape index (κ3) is 3.17. The fourth-order valence-electron chi connectivity index (χ4n) is 8.55. The molecule has 0 spiro atoms. The molecule has 0 aromatic carbocycles. The normalized spacial score (nSPS) is 48.4. The summed E-state index contributed by atoms with van der Waals surface area (Å²) in [6, 6.07) is 0. The molecule has 5 fully saturated rings. The predicted molar refractivity (Wildman–Crippen MR) is 122 cm³/mol. The molecule has 5 rings (SSSR count). The van der Waals surface area contributed by atoms with Crippen molar-refractivity contribution in [3.63, 3.8) is 0 Å². The highest BCUT2D eigenvalue weighted by atomic mass is 16.6.